The molecule has 0 aliphatic heterocycles. The number of ether oxygens (including phenoxy) is 1. The number of hydrogen-bond acceptors (Lipinski definition) is 4. The molecule has 0 spiro atoms. The van der Waals surface area contributed by atoms with Crippen LogP contribution in [-0.4, -0.2) is 30.9 Å². The Labute approximate surface area is 187 Å². The molecule has 0 aliphatic carbocycles. The molecule has 0 radical (unpaired) electrons. The zero-order valence-corrected chi connectivity index (χ0v) is 18.1. The quantitative estimate of drug-likeness (QED) is 0.350. The molecule has 2 aromatic carbocycles. The van der Waals surface area contributed by atoms with Crippen molar-refractivity contribution in [3.8, 4) is 28.1 Å². The summed E-state index contributed by atoms with van der Waals surface area (Å²) < 4.78 is 44.0. The van der Waals surface area contributed by atoms with Gasteiger partial charge in [0.25, 0.3) is 0 Å². The molecule has 0 unspecified atom stereocenters. The van der Waals surface area contributed by atoms with Crippen molar-refractivity contribution in [1.29, 1.82) is 0 Å². The van der Waals surface area contributed by atoms with Crippen LogP contribution in [-0.2, 0) is 5.54 Å². The maximum absolute atomic E-state index is 12.6. The van der Waals surface area contributed by atoms with Crippen molar-refractivity contribution in [1.82, 2.24) is 24.5 Å². The van der Waals surface area contributed by atoms with Gasteiger partial charge in [0.2, 0.25) is 0 Å². The van der Waals surface area contributed by atoms with Crippen LogP contribution in [0.15, 0.2) is 61.2 Å². The van der Waals surface area contributed by atoms with Crippen LogP contribution >= 0.6 is 0 Å². The molecule has 5 aromatic rings. The predicted octanol–water partition coefficient (Wildman–Crippen LogP) is 6.30. The largest absolute Gasteiger partial charge is 0.573 e. The zero-order chi connectivity index (χ0) is 23.4. The second kappa shape index (κ2) is 7.33. The first kappa shape index (κ1) is 21.0. The van der Waals surface area contributed by atoms with E-state index in [1.165, 1.54) is 24.4 Å². The van der Waals surface area contributed by atoms with Gasteiger partial charge in [0.1, 0.15) is 11.3 Å². The number of aromatic nitrogens is 5. The van der Waals surface area contributed by atoms with Crippen molar-refractivity contribution in [3.05, 3.63) is 61.2 Å². The van der Waals surface area contributed by atoms with Gasteiger partial charge in [-0.3, -0.25) is 0 Å². The summed E-state index contributed by atoms with van der Waals surface area (Å²) in [5, 5.41) is 0. The van der Waals surface area contributed by atoms with E-state index in [1.54, 1.807) is 6.07 Å². The minimum Gasteiger partial charge on any atom is -0.406 e. The monoisotopic (exact) mass is 451 g/mol. The number of imidazole rings is 1. The maximum atomic E-state index is 12.6. The SMILES string of the molecule is CC(C)(C)n1cnc2ccc(-c3c[nH]c4ncc(-c5cccc(OC(F)(F)F)c5)nc34)cc21. The van der Waals surface area contributed by atoms with E-state index in [-0.39, 0.29) is 11.3 Å². The molecule has 6 nitrogen and oxygen atoms in total. The van der Waals surface area contributed by atoms with Gasteiger partial charge in [0.15, 0.2) is 5.65 Å². The van der Waals surface area contributed by atoms with Gasteiger partial charge in [-0.2, -0.15) is 0 Å². The van der Waals surface area contributed by atoms with Crippen molar-refractivity contribution >= 4 is 22.2 Å². The van der Waals surface area contributed by atoms with E-state index < -0.39 is 6.36 Å². The Morgan fingerprint density at radius 1 is 0.970 bits per heavy atom. The summed E-state index contributed by atoms with van der Waals surface area (Å²) in [7, 11) is 0. The number of fused-ring (bicyclic) bond motifs is 2. The molecule has 1 N–H and O–H groups in total. The van der Waals surface area contributed by atoms with Crippen LogP contribution in [0.2, 0.25) is 0 Å². The fourth-order valence-corrected chi connectivity index (χ4v) is 3.81. The molecule has 0 saturated heterocycles. The summed E-state index contributed by atoms with van der Waals surface area (Å²) in [5.74, 6) is -0.308. The molecule has 168 valence electrons. The van der Waals surface area contributed by atoms with Gasteiger partial charge in [-0.15, -0.1) is 13.2 Å². The molecule has 0 saturated carbocycles. The molecule has 3 heterocycles. The van der Waals surface area contributed by atoms with Gasteiger partial charge in [0, 0.05) is 22.9 Å². The van der Waals surface area contributed by atoms with Crippen molar-refractivity contribution in [2.75, 3.05) is 0 Å². The van der Waals surface area contributed by atoms with Crippen LogP contribution in [0.4, 0.5) is 13.2 Å². The molecular formula is C24H20F3N5O. The number of alkyl halides is 3. The topological polar surface area (TPSA) is 68.6 Å². The smallest absolute Gasteiger partial charge is 0.406 e. The Morgan fingerprint density at radius 3 is 2.55 bits per heavy atom. The van der Waals surface area contributed by atoms with Gasteiger partial charge >= 0.3 is 6.36 Å². The lowest BCUT2D eigenvalue weighted by Crippen LogP contribution is -2.20. The molecular weight excluding hydrogens is 431 g/mol. The predicted molar refractivity (Wildman–Crippen MR) is 120 cm³/mol. The summed E-state index contributed by atoms with van der Waals surface area (Å²) in [5.41, 5.74) is 5.64. The molecule has 3 aromatic heterocycles. The van der Waals surface area contributed by atoms with E-state index in [0.29, 0.717) is 22.4 Å². The van der Waals surface area contributed by atoms with Crippen LogP contribution in [0, 0.1) is 0 Å². The fraction of sp³-hybridized carbons (Fsp3) is 0.208. The molecule has 0 atom stereocenters. The summed E-state index contributed by atoms with van der Waals surface area (Å²) in [4.78, 5) is 16.7. The zero-order valence-electron chi connectivity index (χ0n) is 18.1. The molecule has 9 heteroatoms. The fourth-order valence-electron chi connectivity index (χ4n) is 3.81. The standard InChI is InChI=1S/C24H20F3N5O/c1-23(2,3)32-13-30-18-8-7-14(10-20(18)32)17-11-28-22-21(17)31-19(12-29-22)15-5-4-6-16(9-15)33-24(25,26)27/h4-13H,1-3H3,(H,28,29). The van der Waals surface area contributed by atoms with E-state index in [4.69, 9.17) is 4.98 Å². The first-order valence-electron chi connectivity index (χ1n) is 10.3. The lowest BCUT2D eigenvalue weighted by atomic mass is 10.1. The number of aromatic amines is 1. The van der Waals surface area contributed by atoms with Crippen molar-refractivity contribution in [2.45, 2.75) is 32.7 Å². The normalized spacial score (nSPS) is 12.5. The number of benzene rings is 2. The Balaban J connectivity index is 1.60. The maximum Gasteiger partial charge on any atom is 0.573 e. The Kier molecular flexibility index (Phi) is 4.66. The average Bonchev–Trinajstić information content (AvgIpc) is 3.35. The highest BCUT2D eigenvalue weighted by Gasteiger charge is 2.31. The molecule has 0 fully saturated rings. The Bertz CT molecular complexity index is 1480. The minimum atomic E-state index is -4.76. The molecule has 0 amide bonds. The third-order valence-electron chi connectivity index (χ3n) is 5.33. The van der Waals surface area contributed by atoms with E-state index in [2.05, 4.69) is 51.1 Å². The van der Waals surface area contributed by atoms with E-state index >= 15 is 0 Å². The van der Waals surface area contributed by atoms with Crippen LogP contribution in [0.25, 0.3) is 44.6 Å². The van der Waals surface area contributed by atoms with Crippen molar-refractivity contribution in [2.24, 2.45) is 0 Å². The summed E-state index contributed by atoms with van der Waals surface area (Å²) in [6, 6.07) is 11.7. The molecule has 0 aliphatic rings. The second-order valence-electron chi connectivity index (χ2n) is 8.72. The van der Waals surface area contributed by atoms with Gasteiger partial charge in [0.05, 0.1) is 29.3 Å². The lowest BCUT2D eigenvalue weighted by molar-refractivity contribution is -0.274. The van der Waals surface area contributed by atoms with Gasteiger partial charge in [-0.25, -0.2) is 15.0 Å². The number of hydrogen-bond donors (Lipinski definition) is 1. The average molecular weight is 451 g/mol. The molecule has 0 bridgehead atoms. The molecule has 5 rings (SSSR count). The van der Waals surface area contributed by atoms with Crippen LogP contribution < -0.4 is 4.74 Å². The van der Waals surface area contributed by atoms with Gasteiger partial charge in [-0.1, -0.05) is 18.2 Å². The second-order valence-corrected chi connectivity index (χ2v) is 8.72. The minimum absolute atomic E-state index is 0.135. The third-order valence-corrected chi connectivity index (χ3v) is 5.33. The van der Waals surface area contributed by atoms with E-state index in [0.717, 1.165) is 22.2 Å². The highest BCUT2D eigenvalue weighted by atomic mass is 19.4. The summed E-state index contributed by atoms with van der Waals surface area (Å²) >= 11 is 0. The summed E-state index contributed by atoms with van der Waals surface area (Å²) in [6.07, 6.45) is 0.418. The number of H-pyrrole nitrogens is 1. The van der Waals surface area contributed by atoms with Crippen molar-refractivity contribution < 1.29 is 17.9 Å². The van der Waals surface area contributed by atoms with Gasteiger partial charge < -0.3 is 14.3 Å². The number of halogens is 3. The van der Waals surface area contributed by atoms with E-state index in [1.807, 2.05) is 24.7 Å². The third kappa shape index (κ3) is 4.02. The summed E-state index contributed by atoms with van der Waals surface area (Å²) in [6.45, 7) is 6.34. The van der Waals surface area contributed by atoms with Gasteiger partial charge in [-0.05, 0) is 50.6 Å². The lowest BCUT2D eigenvalue weighted by Gasteiger charge is -2.21. The number of nitrogens with one attached hydrogen (secondary N) is 1. The van der Waals surface area contributed by atoms with Crippen LogP contribution in [0.5, 0.6) is 5.75 Å². The molecule has 33 heavy (non-hydrogen) atoms. The number of nitrogens with zero attached hydrogens (tertiary/aromatic N) is 4. The van der Waals surface area contributed by atoms with Crippen LogP contribution in [0.1, 0.15) is 20.8 Å². The number of rotatable bonds is 3. The first-order valence-corrected chi connectivity index (χ1v) is 10.3. The van der Waals surface area contributed by atoms with Crippen LogP contribution in [0.3, 0.4) is 0 Å². The first-order chi connectivity index (χ1) is 15.6. The Hall–Kier alpha value is -3.88. The highest BCUT2D eigenvalue weighted by Crippen LogP contribution is 2.33. The Morgan fingerprint density at radius 2 is 1.79 bits per heavy atom. The van der Waals surface area contributed by atoms with Crippen molar-refractivity contribution in [3.63, 3.8) is 0 Å². The highest BCUT2D eigenvalue weighted by molar-refractivity contribution is 5.94. The van der Waals surface area contributed by atoms with E-state index in [9.17, 15) is 13.2 Å².